The predicted octanol–water partition coefficient (Wildman–Crippen LogP) is 3.19. The average Bonchev–Trinajstić information content (AvgIpc) is 2.54. The minimum atomic E-state index is 0.0328. The Morgan fingerprint density at radius 3 is 2.48 bits per heavy atom. The Balaban J connectivity index is 1.93. The Hall–Kier alpha value is -2.42. The number of rotatable bonds is 5. The van der Waals surface area contributed by atoms with Crippen LogP contribution in [-0.4, -0.2) is 29.4 Å². The molecule has 0 saturated heterocycles. The Morgan fingerprint density at radius 2 is 1.81 bits per heavy atom. The van der Waals surface area contributed by atoms with Crippen LogP contribution in [0.2, 0.25) is 0 Å². The van der Waals surface area contributed by atoms with Crippen molar-refractivity contribution >= 4 is 11.5 Å². The number of likely N-dealkylation sites (N-methyl/N-ethyl adjacent to an activating group) is 1. The van der Waals surface area contributed by atoms with E-state index >= 15 is 0 Å². The second-order valence-electron chi connectivity index (χ2n) is 5.06. The molecule has 0 aliphatic rings. The molecule has 0 spiro atoms. The van der Waals surface area contributed by atoms with E-state index in [1.807, 2.05) is 56.4 Å². The maximum atomic E-state index is 12.2. The van der Waals surface area contributed by atoms with Gasteiger partial charge in [-0.1, -0.05) is 30.3 Å². The first-order valence-corrected chi connectivity index (χ1v) is 7.04. The van der Waals surface area contributed by atoms with Crippen LogP contribution < -0.4 is 0 Å². The minimum absolute atomic E-state index is 0.0328. The third-order valence-corrected chi connectivity index (χ3v) is 3.43. The van der Waals surface area contributed by atoms with E-state index < -0.39 is 0 Å². The lowest BCUT2D eigenvalue weighted by Gasteiger charge is -2.15. The molecule has 21 heavy (non-hydrogen) atoms. The molecule has 0 fully saturated rings. The van der Waals surface area contributed by atoms with Crippen LogP contribution in [0.15, 0.2) is 60.9 Å². The summed E-state index contributed by atoms with van der Waals surface area (Å²) in [6, 6.07) is 13.9. The Bertz CT molecular complexity index is 606. The van der Waals surface area contributed by atoms with E-state index in [-0.39, 0.29) is 5.91 Å². The molecule has 0 saturated carbocycles. The van der Waals surface area contributed by atoms with E-state index in [1.54, 1.807) is 23.4 Å². The number of carbonyl (C=O) groups excluding carboxylic acids is 1. The number of pyridine rings is 1. The SMILES string of the molecule is C/C(=C\C(=O)N(C)CCc1ccncc1)c1ccccc1. The molecule has 1 amide bonds. The van der Waals surface area contributed by atoms with Gasteiger partial charge in [-0.25, -0.2) is 0 Å². The standard InChI is InChI=1S/C18H20N2O/c1-15(17-6-4-3-5-7-17)14-18(21)20(2)13-10-16-8-11-19-12-9-16/h3-9,11-12,14H,10,13H2,1-2H3/b15-14+. The van der Waals surface area contributed by atoms with E-state index in [1.165, 1.54) is 5.56 Å². The third kappa shape index (κ3) is 4.56. The van der Waals surface area contributed by atoms with Gasteiger partial charge in [0.15, 0.2) is 0 Å². The summed E-state index contributed by atoms with van der Waals surface area (Å²) in [5.41, 5.74) is 3.25. The van der Waals surface area contributed by atoms with E-state index in [2.05, 4.69) is 4.98 Å². The number of aromatic nitrogens is 1. The van der Waals surface area contributed by atoms with E-state index in [4.69, 9.17) is 0 Å². The van der Waals surface area contributed by atoms with Gasteiger partial charge in [0.1, 0.15) is 0 Å². The van der Waals surface area contributed by atoms with E-state index in [9.17, 15) is 4.79 Å². The molecule has 1 heterocycles. The van der Waals surface area contributed by atoms with Gasteiger partial charge in [-0.3, -0.25) is 9.78 Å². The van der Waals surface area contributed by atoms with Crippen molar-refractivity contribution in [3.63, 3.8) is 0 Å². The minimum Gasteiger partial charge on any atom is -0.342 e. The average molecular weight is 280 g/mol. The second kappa shape index (κ2) is 7.39. The molecule has 2 aromatic rings. The number of amides is 1. The quantitative estimate of drug-likeness (QED) is 0.788. The predicted molar refractivity (Wildman–Crippen MR) is 85.7 cm³/mol. The highest BCUT2D eigenvalue weighted by Crippen LogP contribution is 2.13. The first-order valence-electron chi connectivity index (χ1n) is 7.04. The number of hydrogen-bond donors (Lipinski definition) is 0. The summed E-state index contributed by atoms with van der Waals surface area (Å²) >= 11 is 0. The maximum Gasteiger partial charge on any atom is 0.246 e. The van der Waals surface area contributed by atoms with Gasteiger partial charge in [-0.2, -0.15) is 0 Å². The molecule has 0 bridgehead atoms. The Labute approximate surface area is 125 Å². The zero-order chi connectivity index (χ0) is 15.1. The van der Waals surface area contributed by atoms with Crippen LogP contribution in [0.3, 0.4) is 0 Å². The zero-order valence-electron chi connectivity index (χ0n) is 12.5. The molecule has 2 rings (SSSR count). The van der Waals surface area contributed by atoms with Gasteiger partial charge in [0.05, 0.1) is 0 Å². The highest BCUT2D eigenvalue weighted by Gasteiger charge is 2.07. The van der Waals surface area contributed by atoms with Gasteiger partial charge in [0.2, 0.25) is 5.91 Å². The molecule has 3 heteroatoms. The molecular formula is C18H20N2O. The molecule has 0 atom stereocenters. The summed E-state index contributed by atoms with van der Waals surface area (Å²) < 4.78 is 0. The van der Waals surface area contributed by atoms with Crippen molar-refractivity contribution in [2.75, 3.05) is 13.6 Å². The monoisotopic (exact) mass is 280 g/mol. The summed E-state index contributed by atoms with van der Waals surface area (Å²) in [4.78, 5) is 17.9. The van der Waals surface area contributed by atoms with Crippen molar-refractivity contribution in [3.05, 3.63) is 72.1 Å². The van der Waals surface area contributed by atoms with Crippen LogP contribution in [0.25, 0.3) is 5.57 Å². The summed E-state index contributed by atoms with van der Waals surface area (Å²) in [5.74, 6) is 0.0328. The van der Waals surface area contributed by atoms with Crippen LogP contribution >= 0.6 is 0 Å². The fraction of sp³-hybridized carbons (Fsp3) is 0.222. The lowest BCUT2D eigenvalue weighted by molar-refractivity contribution is -0.124. The van der Waals surface area contributed by atoms with Crippen molar-refractivity contribution in [2.24, 2.45) is 0 Å². The van der Waals surface area contributed by atoms with Crippen LogP contribution in [0.1, 0.15) is 18.1 Å². The van der Waals surface area contributed by atoms with Crippen LogP contribution in [0, 0.1) is 0 Å². The van der Waals surface area contributed by atoms with Crippen LogP contribution in [0.4, 0.5) is 0 Å². The molecule has 0 unspecified atom stereocenters. The molecule has 1 aromatic carbocycles. The highest BCUT2D eigenvalue weighted by molar-refractivity contribution is 5.94. The molecule has 0 aliphatic carbocycles. The van der Waals surface area contributed by atoms with Crippen molar-refractivity contribution in [2.45, 2.75) is 13.3 Å². The maximum absolute atomic E-state index is 12.2. The largest absolute Gasteiger partial charge is 0.342 e. The van der Waals surface area contributed by atoms with E-state index in [0.717, 1.165) is 17.6 Å². The number of allylic oxidation sites excluding steroid dienone is 1. The molecular weight excluding hydrogens is 260 g/mol. The molecule has 0 aliphatic heterocycles. The molecule has 108 valence electrons. The molecule has 0 N–H and O–H groups in total. The molecule has 1 aromatic heterocycles. The zero-order valence-corrected chi connectivity index (χ0v) is 12.5. The van der Waals surface area contributed by atoms with Gasteiger partial charge < -0.3 is 4.90 Å². The normalized spacial score (nSPS) is 11.2. The first-order chi connectivity index (χ1) is 10.2. The first kappa shape index (κ1) is 15.0. The topological polar surface area (TPSA) is 33.2 Å². The fourth-order valence-corrected chi connectivity index (χ4v) is 2.04. The highest BCUT2D eigenvalue weighted by atomic mass is 16.2. The Morgan fingerprint density at radius 1 is 1.14 bits per heavy atom. The number of benzene rings is 1. The summed E-state index contributed by atoms with van der Waals surface area (Å²) in [7, 11) is 1.83. The third-order valence-electron chi connectivity index (χ3n) is 3.43. The Kier molecular flexibility index (Phi) is 5.27. The number of hydrogen-bond acceptors (Lipinski definition) is 2. The van der Waals surface area contributed by atoms with Crippen LogP contribution in [-0.2, 0) is 11.2 Å². The molecule has 3 nitrogen and oxygen atoms in total. The molecule has 0 radical (unpaired) electrons. The summed E-state index contributed by atoms with van der Waals surface area (Å²) in [5, 5.41) is 0. The van der Waals surface area contributed by atoms with Gasteiger partial charge in [0.25, 0.3) is 0 Å². The lowest BCUT2D eigenvalue weighted by Crippen LogP contribution is -2.27. The second-order valence-corrected chi connectivity index (χ2v) is 5.06. The number of carbonyl (C=O) groups is 1. The number of nitrogens with zero attached hydrogens (tertiary/aromatic N) is 2. The van der Waals surface area contributed by atoms with Crippen LogP contribution in [0.5, 0.6) is 0 Å². The van der Waals surface area contributed by atoms with Crippen molar-refractivity contribution < 1.29 is 4.79 Å². The summed E-state index contributed by atoms with van der Waals surface area (Å²) in [6.07, 6.45) is 6.08. The van der Waals surface area contributed by atoms with E-state index in [0.29, 0.717) is 6.54 Å². The smallest absolute Gasteiger partial charge is 0.246 e. The van der Waals surface area contributed by atoms with Crippen molar-refractivity contribution in [1.29, 1.82) is 0 Å². The van der Waals surface area contributed by atoms with Gasteiger partial charge in [-0.15, -0.1) is 0 Å². The van der Waals surface area contributed by atoms with Crippen molar-refractivity contribution in [1.82, 2.24) is 9.88 Å². The lowest BCUT2D eigenvalue weighted by atomic mass is 10.1. The van der Waals surface area contributed by atoms with Gasteiger partial charge >= 0.3 is 0 Å². The van der Waals surface area contributed by atoms with Crippen molar-refractivity contribution in [3.8, 4) is 0 Å². The van der Waals surface area contributed by atoms with Gasteiger partial charge in [-0.05, 0) is 42.2 Å². The fourth-order valence-electron chi connectivity index (χ4n) is 2.04. The summed E-state index contributed by atoms with van der Waals surface area (Å²) in [6.45, 7) is 2.66. The van der Waals surface area contributed by atoms with Gasteiger partial charge in [0, 0.05) is 32.1 Å².